The highest BCUT2D eigenvalue weighted by atomic mass is 32.2. The molecule has 0 radical (unpaired) electrons. The molecule has 0 aromatic heterocycles. The summed E-state index contributed by atoms with van der Waals surface area (Å²) in [5, 5.41) is 16.1. The lowest BCUT2D eigenvalue weighted by atomic mass is 9.78. The van der Waals surface area contributed by atoms with Gasteiger partial charge in [-0.2, -0.15) is 0 Å². The molecule has 5 heteroatoms. The third kappa shape index (κ3) is 4.95. The molecule has 2 aliphatic rings. The van der Waals surface area contributed by atoms with Crippen molar-refractivity contribution < 1.29 is 9.84 Å². The second-order valence-electron chi connectivity index (χ2n) is 9.41. The fraction of sp³-hybridized carbons (Fsp3) is 0.500. The Morgan fingerprint density at radius 2 is 1.61 bits per heavy atom. The van der Waals surface area contributed by atoms with Gasteiger partial charge in [0, 0.05) is 23.1 Å². The number of para-hydroxylation sites is 2. The van der Waals surface area contributed by atoms with E-state index >= 15 is 0 Å². The normalized spacial score (nSPS) is 18.3. The van der Waals surface area contributed by atoms with Crippen LogP contribution in [0.15, 0.2) is 48.5 Å². The van der Waals surface area contributed by atoms with Crippen molar-refractivity contribution in [2.75, 3.05) is 18.1 Å². The fourth-order valence-electron chi connectivity index (χ4n) is 4.46. The third-order valence-corrected chi connectivity index (χ3v) is 10.4. The predicted molar refractivity (Wildman–Crippen MR) is 142 cm³/mol. The number of hydrogen-bond donors (Lipinski definition) is 2. The Kier molecular flexibility index (Phi) is 7.70. The highest BCUT2D eigenvalue weighted by Gasteiger charge is 2.57. The number of aliphatic hydroxyl groups is 1. The smallest absolute Gasteiger partial charge is 0.145 e. The van der Waals surface area contributed by atoms with Gasteiger partial charge in [-0.15, -0.1) is 29.4 Å². The van der Waals surface area contributed by atoms with E-state index in [-0.39, 0.29) is 9.62 Å². The number of thioether (sulfide) groups is 2. The highest BCUT2D eigenvalue weighted by Crippen LogP contribution is 2.63. The summed E-state index contributed by atoms with van der Waals surface area (Å²) >= 11 is 3.83. The first-order valence-electron chi connectivity index (χ1n) is 12.0. The molecule has 0 saturated carbocycles. The van der Waals surface area contributed by atoms with E-state index in [2.05, 4.69) is 37.9 Å². The summed E-state index contributed by atoms with van der Waals surface area (Å²) in [5.41, 5.74) is 0.764. The van der Waals surface area contributed by atoms with Crippen molar-refractivity contribution in [2.45, 2.75) is 68.1 Å². The highest BCUT2D eigenvalue weighted by molar-refractivity contribution is 8.18. The van der Waals surface area contributed by atoms with Gasteiger partial charge < -0.3 is 15.2 Å². The van der Waals surface area contributed by atoms with Gasteiger partial charge in [0.1, 0.15) is 17.1 Å². The Morgan fingerprint density at radius 1 is 1.00 bits per heavy atom. The first-order chi connectivity index (χ1) is 15.9. The lowest BCUT2D eigenvalue weighted by molar-refractivity contribution is 0.0531. The number of rotatable bonds is 7. The Morgan fingerprint density at radius 3 is 2.21 bits per heavy atom. The second kappa shape index (κ2) is 10.4. The van der Waals surface area contributed by atoms with Crippen LogP contribution in [-0.4, -0.2) is 32.8 Å². The standard InChI is InChI=1S/C28H35NO2S2/c1-4-26(2,3)29-19-12-6-5-11-18-27(32-20-13-21-33-27)28(30)22-14-7-9-16-24(22)31-25-17-10-8-15-23(25)28/h7-10,14-17,29-30H,4-5,11,13,18-21H2,1-3H3. The van der Waals surface area contributed by atoms with Gasteiger partial charge in [-0.05, 0) is 63.2 Å². The van der Waals surface area contributed by atoms with Crippen LogP contribution in [0.4, 0.5) is 0 Å². The number of benzene rings is 2. The molecule has 176 valence electrons. The van der Waals surface area contributed by atoms with E-state index in [1.54, 1.807) is 0 Å². The van der Waals surface area contributed by atoms with Crippen LogP contribution in [0, 0.1) is 11.8 Å². The minimum absolute atomic E-state index is 0.126. The topological polar surface area (TPSA) is 41.5 Å². The zero-order valence-electron chi connectivity index (χ0n) is 19.9. The van der Waals surface area contributed by atoms with Crippen molar-refractivity contribution in [3.8, 4) is 23.3 Å². The van der Waals surface area contributed by atoms with Crippen LogP contribution in [0.2, 0.25) is 0 Å². The molecule has 4 rings (SSSR count). The Balaban J connectivity index is 1.58. The molecule has 0 aliphatic carbocycles. The lowest BCUT2D eigenvalue weighted by Crippen LogP contribution is -2.51. The van der Waals surface area contributed by atoms with Crippen LogP contribution < -0.4 is 10.1 Å². The van der Waals surface area contributed by atoms with E-state index in [9.17, 15) is 5.11 Å². The van der Waals surface area contributed by atoms with Gasteiger partial charge in [0.15, 0.2) is 0 Å². The quantitative estimate of drug-likeness (QED) is 0.347. The predicted octanol–water partition coefficient (Wildman–Crippen LogP) is 6.55. The monoisotopic (exact) mass is 481 g/mol. The first kappa shape index (κ1) is 24.5. The Hall–Kier alpha value is -1.58. The SMILES string of the molecule is CCC(C)(C)NCC#CCCCC1(C2(O)c3ccccc3Oc3ccccc32)SCCCS1. The summed E-state index contributed by atoms with van der Waals surface area (Å²) < 4.78 is 5.84. The van der Waals surface area contributed by atoms with Gasteiger partial charge in [0.2, 0.25) is 0 Å². The van der Waals surface area contributed by atoms with E-state index < -0.39 is 5.60 Å². The average molecular weight is 482 g/mol. The van der Waals surface area contributed by atoms with Crippen molar-refractivity contribution in [1.82, 2.24) is 5.32 Å². The van der Waals surface area contributed by atoms with Gasteiger partial charge in [-0.3, -0.25) is 0 Å². The third-order valence-electron chi connectivity index (χ3n) is 6.76. The van der Waals surface area contributed by atoms with Crippen LogP contribution in [0.1, 0.15) is 64.0 Å². The summed E-state index contributed by atoms with van der Waals surface area (Å²) in [6.07, 6.45) is 4.94. The van der Waals surface area contributed by atoms with E-state index in [0.29, 0.717) is 0 Å². The zero-order chi connectivity index (χ0) is 23.4. The van der Waals surface area contributed by atoms with Gasteiger partial charge in [-0.1, -0.05) is 49.2 Å². The van der Waals surface area contributed by atoms with Crippen molar-refractivity contribution >= 4 is 23.5 Å². The molecule has 2 N–H and O–H groups in total. The summed E-state index contributed by atoms with van der Waals surface area (Å²) in [6, 6.07) is 16.0. The molecule has 2 aliphatic heterocycles. The zero-order valence-corrected chi connectivity index (χ0v) is 21.6. The molecule has 0 amide bonds. The number of fused-ring (bicyclic) bond motifs is 2. The molecular formula is C28H35NO2S2. The molecule has 0 atom stereocenters. The molecule has 0 unspecified atom stereocenters. The number of nitrogens with one attached hydrogen (secondary N) is 1. The summed E-state index contributed by atoms with van der Waals surface area (Å²) in [6.45, 7) is 7.33. The molecule has 1 fully saturated rings. The van der Waals surface area contributed by atoms with Crippen molar-refractivity contribution in [1.29, 1.82) is 0 Å². The van der Waals surface area contributed by atoms with Crippen LogP contribution in [-0.2, 0) is 5.60 Å². The van der Waals surface area contributed by atoms with E-state index in [1.165, 1.54) is 6.42 Å². The number of hydrogen-bond acceptors (Lipinski definition) is 5. The molecule has 2 aromatic rings. The van der Waals surface area contributed by atoms with E-state index in [0.717, 1.165) is 66.4 Å². The van der Waals surface area contributed by atoms with Gasteiger partial charge in [0.05, 0.1) is 10.6 Å². The van der Waals surface area contributed by atoms with Crippen molar-refractivity contribution in [3.05, 3.63) is 59.7 Å². The Labute approximate surface area is 207 Å². The largest absolute Gasteiger partial charge is 0.457 e. The molecule has 0 bridgehead atoms. The fourth-order valence-corrected chi connectivity index (χ4v) is 8.15. The van der Waals surface area contributed by atoms with Crippen LogP contribution in [0.5, 0.6) is 11.5 Å². The van der Waals surface area contributed by atoms with Crippen molar-refractivity contribution in [2.24, 2.45) is 0 Å². The van der Waals surface area contributed by atoms with Crippen LogP contribution >= 0.6 is 23.5 Å². The number of ether oxygens (including phenoxy) is 1. The van der Waals surface area contributed by atoms with Gasteiger partial charge >= 0.3 is 0 Å². The maximum atomic E-state index is 12.6. The first-order valence-corrected chi connectivity index (χ1v) is 14.0. The van der Waals surface area contributed by atoms with Crippen LogP contribution in [0.3, 0.4) is 0 Å². The maximum Gasteiger partial charge on any atom is 0.145 e. The molecule has 1 saturated heterocycles. The average Bonchev–Trinajstić information content (AvgIpc) is 2.84. The molecule has 0 spiro atoms. The minimum Gasteiger partial charge on any atom is -0.457 e. The van der Waals surface area contributed by atoms with E-state index in [1.807, 2.05) is 72.1 Å². The lowest BCUT2D eigenvalue weighted by Gasteiger charge is -2.51. The van der Waals surface area contributed by atoms with Crippen molar-refractivity contribution in [3.63, 3.8) is 0 Å². The minimum atomic E-state index is -1.12. The molecule has 2 aromatic carbocycles. The van der Waals surface area contributed by atoms with Gasteiger partial charge in [0.25, 0.3) is 0 Å². The second-order valence-corrected chi connectivity index (χ2v) is 12.5. The Bertz CT molecular complexity index is 972. The van der Waals surface area contributed by atoms with Crippen LogP contribution in [0.25, 0.3) is 0 Å². The summed E-state index contributed by atoms with van der Waals surface area (Å²) in [7, 11) is 0. The summed E-state index contributed by atoms with van der Waals surface area (Å²) in [5.74, 6) is 10.3. The van der Waals surface area contributed by atoms with Gasteiger partial charge in [-0.25, -0.2) is 0 Å². The molecule has 33 heavy (non-hydrogen) atoms. The molecular weight excluding hydrogens is 446 g/mol. The molecule has 3 nitrogen and oxygen atoms in total. The summed E-state index contributed by atoms with van der Waals surface area (Å²) in [4.78, 5) is 0. The number of unbranched alkanes of at least 4 members (excludes halogenated alkanes) is 1. The maximum absolute atomic E-state index is 12.6. The van der Waals surface area contributed by atoms with E-state index in [4.69, 9.17) is 4.74 Å². The molecule has 2 heterocycles.